The highest BCUT2D eigenvalue weighted by Crippen LogP contribution is 2.30. The Morgan fingerprint density at radius 3 is 2.50 bits per heavy atom. The van der Waals surface area contributed by atoms with Crippen LogP contribution in [0.3, 0.4) is 0 Å². The largest absolute Gasteiger partial charge is 0.466 e. The van der Waals surface area contributed by atoms with Crippen molar-refractivity contribution >= 4 is 17.7 Å². The van der Waals surface area contributed by atoms with Gasteiger partial charge in [-0.05, 0) is 70.9 Å². The van der Waals surface area contributed by atoms with Gasteiger partial charge in [0.1, 0.15) is 6.10 Å². The van der Waals surface area contributed by atoms with Crippen molar-refractivity contribution in [3.05, 3.63) is 34.9 Å². The lowest BCUT2D eigenvalue weighted by Crippen LogP contribution is -2.28. The van der Waals surface area contributed by atoms with Gasteiger partial charge < -0.3 is 9.47 Å². The van der Waals surface area contributed by atoms with E-state index in [0.717, 1.165) is 18.4 Å². The molecular formula is C23H34O5. The van der Waals surface area contributed by atoms with Crippen LogP contribution in [-0.2, 0) is 23.9 Å². The molecule has 0 unspecified atom stereocenters. The van der Waals surface area contributed by atoms with Crippen LogP contribution in [0.2, 0.25) is 0 Å². The van der Waals surface area contributed by atoms with Crippen molar-refractivity contribution in [1.82, 2.24) is 0 Å². The maximum absolute atomic E-state index is 12.4. The van der Waals surface area contributed by atoms with Crippen LogP contribution >= 0.6 is 0 Å². The number of allylic oxidation sites excluding steroid dienone is 4. The van der Waals surface area contributed by atoms with Crippen LogP contribution in [-0.4, -0.2) is 30.9 Å². The summed E-state index contributed by atoms with van der Waals surface area (Å²) < 4.78 is 10.4. The fraction of sp³-hybridized carbons (Fsp3) is 0.609. The summed E-state index contributed by atoms with van der Waals surface area (Å²) in [6.07, 6.45) is 8.33. The van der Waals surface area contributed by atoms with Gasteiger partial charge in [-0.15, -0.1) is 0 Å². The van der Waals surface area contributed by atoms with Gasteiger partial charge in [0.15, 0.2) is 5.78 Å². The van der Waals surface area contributed by atoms with Crippen LogP contribution in [0.25, 0.3) is 0 Å². The summed E-state index contributed by atoms with van der Waals surface area (Å²) in [7, 11) is 1.34. The molecule has 0 heterocycles. The third-order valence-corrected chi connectivity index (χ3v) is 5.01. The standard InChI is InChI=1S/C23H34O5/c1-15(2)8-7-9-19(23(26)27-6)14-20(28-18(5)24)13-17(4)21-11-10-16(3)12-22(21)25/h8,12,14,17,20-21H,7,9-11,13H2,1-6H3/b19-14+/t17-,20-,21-/m1/s1. The predicted molar refractivity (Wildman–Crippen MR) is 110 cm³/mol. The second-order valence-electron chi connectivity index (χ2n) is 7.90. The topological polar surface area (TPSA) is 69.7 Å². The number of ketones is 1. The molecule has 0 fully saturated rings. The van der Waals surface area contributed by atoms with Gasteiger partial charge in [-0.2, -0.15) is 0 Å². The van der Waals surface area contributed by atoms with Gasteiger partial charge in [-0.25, -0.2) is 4.79 Å². The normalized spacial score (nSPS) is 19.4. The maximum Gasteiger partial charge on any atom is 0.333 e. The van der Waals surface area contributed by atoms with Crippen LogP contribution in [0.5, 0.6) is 0 Å². The molecule has 3 atom stereocenters. The van der Waals surface area contributed by atoms with Crippen LogP contribution in [0.1, 0.15) is 66.7 Å². The second kappa shape index (κ2) is 11.6. The van der Waals surface area contributed by atoms with E-state index in [1.165, 1.54) is 19.6 Å². The molecule has 0 spiro atoms. The molecule has 1 rings (SSSR count). The van der Waals surface area contributed by atoms with E-state index in [2.05, 4.69) is 6.08 Å². The third-order valence-electron chi connectivity index (χ3n) is 5.01. The zero-order valence-corrected chi connectivity index (χ0v) is 18.0. The lowest BCUT2D eigenvalue weighted by molar-refractivity contribution is -0.145. The number of methoxy groups -OCH3 is 1. The second-order valence-corrected chi connectivity index (χ2v) is 7.90. The maximum atomic E-state index is 12.4. The summed E-state index contributed by atoms with van der Waals surface area (Å²) in [5.41, 5.74) is 2.77. The summed E-state index contributed by atoms with van der Waals surface area (Å²) in [6.45, 7) is 9.33. The molecule has 0 aromatic carbocycles. The Morgan fingerprint density at radius 1 is 1.29 bits per heavy atom. The van der Waals surface area contributed by atoms with E-state index in [4.69, 9.17) is 9.47 Å². The Labute approximate surface area is 168 Å². The van der Waals surface area contributed by atoms with Gasteiger partial charge in [0.05, 0.1) is 7.11 Å². The van der Waals surface area contributed by atoms with Gasteiger partial charge in [0.2, 0.25) is 0 Å². The molecule has 1 aliphatic rings. The van der Waals surface area contributed by atoms with E-state index < -0.39 is 18.0 Å². The molecule has 0 radical (unpaired) electrons. The van der Waals surface area contributed by atoms with Gasteiger partial charge in [0.25, 0.3) is 0 Å². The minimum absolute atomic E-state index is 0.0362. The van der Waals surface area contributed by atoms with E-state index in [9.17, 15) is 14.4 Å². The van der Waals surface area contributed by atoms with Crippen molar-refractivity contribution in [2.75, 3.05) is 7.11 Å². The summed E-state index contributed by atoms with van der Waals surface area (Å²) in [4.78, 5) is 36.1. The van der Waals surface area contributed by atoms with Crippen LogP contribution in [0.4, 0.5) is 0 Å². The summed E-state index contributed by atoms with van der Waals surface area (Å²) >= 11 is 0. The first-order chi connectivity index (χ1) is 13.1. The van der Waals surface area contributed by atoms with Crippen molar-refractivity contribution in [1.29, 1.82) is 0 Å². The molecular weight excluding hydrogens is 356 g/mol. The Hall–Kier alpha value is -2.17. The number of ether oxygens (including phenoxy) is 2. The summed E-state index contributed by atoms with van der Waals surface area (Å²) in [6, 6.07) is 0. The number of hydrogen-bond acceptors (Lipinski definition) is 5. The minimum Gasteiger partial charge on any atom is -0.466 e. The van der Waals surface area contributed by atoms with Crippen molar-refractivity contribution in [3.8, 4) is 0 Å². The Bertz CT molecular complexity index is 664. The van der Waals surface area contributed by atoms with Crippen molar-refractivity contribution in [3.63, 3.8) is 0 Å². The number of esters is 2. The Balaban J connectivity index is 2.98. The quantitative estimate of drug-likeness (QED) is 0.324. The fourth-order valence-corrected chi connectivity index (χ4v) is 3.53. The SMILES string of the molecule is COC(=O)/C(=C/[C@@H](C[C@@H](C)[C@H]1CCC(C)=CC1=O)OC(C)=O)CCC=C(C)C. The van der Waals surface area contributed by atoms with Crippen LogP contribution in [0.15, 0.2) is 34.9 Å². The van der Waals surface area contributed by atoms with Gasteiger partial charge in [0, 0.05) is 18.4 Å². The van der Waals surface area contributed by atoms with Gasteiger partial charge >= 0.3 is 11.9 Å². The molecule has 0 aromatic rings. The molecule has 0 saturated heterocycles. The summed E-state index contributed by atoms with van der Waals surface area (Å²) in [5, 5.41) is 0. The van der Waals surface area contributed by atoms with Gasteiger partial charge in [-0.3, -0.25) is 9.59 Å². The van der Waals surface area contributed by atoms with Crippen molar-refractivity contribution < 1.29 is 23.9 Å². The lowest BCUT2D eigenvalue weighted by Gasteiger charge is -2.27. The molecule has 28 heavy (non-hydrogen) atoms. The summed E-state index contributed by atoms with van der Waals surface area (Å²) in [5.74, 6) is -0.734. The molecule has 5 nitrogen and oxygen atoms in total. The molecule has 0 aromatic heterocycles. The van der Waals surface area contributed by atoms with Gasteiger partial charge in [-0.1, -0.05) is 24.1 Å². The fourth-order valence-electron chi connectivity index (χ4n) is 3.53. The number of rotatable bonds is 9. The Morgan fingerprint density at radius 2 is 1.96 bits per heavy atom. The van der Waals surface area contributed by atoms with Crippen molar-refractivity contribution in [2.45, 2.75) is 72.8 Å². The molecule has 156 valence electrons. The van der Waals surface area contributed by atoms with E-state index in [0.29, 0.717) is 24.8 Å². The average Bonchev–Trinajstić information content (AvgIpc) is 2.59. The highest BCUT2D eigenvalue weighted by molar-refractivity contribution is 5.93. The average molecular weight is 391 g/mol. The molecule has 0 N–H and O–H groups in total. The smallest absolute Gasteiger partial charge is 0.333 e. The third kappa shape index (κ3) is 8.24. The lowest BCUT2D eigenvalue weighted by atomic mass is 9.78. The first-order valence-corrected chi connectivity index (χ1v) is 9.94. The first-order valence-electron chi connectivity index (χ1n) is 9.94. The monoisotopic (exact) mass is 390 g/mol. The number of carbonyl (C=O) groups excluding carboxylic acids is 3. The minimum atomic E-state index is -0.562. The van der Waals surface area contributed by atoms with E-state index >= 15 is 0 Å². The first kappa shape index (κ1) is 23.9. The predicted octanol–water partition coefficient (Wildman–Crippen LogP) is 4.72. The number of carbonyl (C=O) groups is 3. The van der Waals surface area contributed by atoms with Crippen molar-refractivity contribution in [2.24, 2.45) is 11.8 Å². The zero-order chi connectivity index (χ0) is 21.3. The molecule has 1 aliphatic carbocycles. The van der Waals surface area contributed by atoms with E-state index in [1.54, 1.807) is 12.2 Å². The molecule has 0 saturated carbocycles. The number of hydrogen-bond donors (Lipinski definition) is 0. The van der Waals surface area contributed by atoms with Crippen LogP contribution in [0, 0.1) is 11.8 Å². The Kier molecular flexibility index (Phi) is 9.91. The van der Waals surface area contributed by atoms with E-state index in [-0.39, 0.29) is 17.6 Å². The molecule has 0 aliphatic heterocycles. The highest BCUT2D eigenvalue weighted by Gasteiger charge is 2.29. The molecule has 0 bridgehead atoms. The molecule has 0 amide bonds. The van der Waals surface area contributed by atoms with Crippen LogP contribution < -0.4 is 0 Å². The zero-order valence-electron chi connectivity index (χ0n) is 18.0. The van der Waals surface area contributed by atoms with E-state index in [1.807, 2.05) is 27.7 Å². The molecule has 5 heteroatoms. The highest BCUT2D eigenvalue weighted by atomic mass is 16.5.